The second-order valence-electron chi connectivity index (χ2n) is 4.83. The predicted octanol–water partition coefficient (Wildman–Crippen LogP) is 2.69. The quantitative estimate of drug-likeness (QED) is 0.902. The van der Waals surface area contributed by atoms with Gasteiger partial charge in [-0.15, -0.1) is 24.8 Å². The molecular formula is C13H21Cl2N3O. The summed E-state index contributed by atoms with van der Waals surface area (Å²) >= 11 is 0. The molecule has 1 aromatic heterocycles. The minimum atomic E-state index is 0. The van der Waals surface area contributed by atoms with Crippen LogP contribution < -0.4 is 11.1 Å². The van der Waals surface area contributed by atoms with E-state index in [2.05, 4.69) is 10.3 Å². The van der Waals surface area contributed by atoms with Crippen LogP contribution in [0.25, 0.3) is 0 Å². The van der Waals surface area contributed by atoms with Crippen LogP contribution in [0, 0.1) is 12.8 Å². The van der Waals surface area contributed by atoms with E-state index in [0.29, 0.717) is 18.2 Å². The van der Waals surface area contributed by atoms with Gasteiger partial charge in [-0.3, -0.25) is 4.79 Å². The van der Waals surface area contributed by atoms with Gasteiger partial charge in [-0.05, 0) is 43.4 Å². The van der Waals surface area contributed by atoms with E-state index in [-0.39, 0.29) is 36.8 Å². The van der Waals surface area contributed by atoms with Crippen LogP contribution in [0.3, 0.4) is 0 Å². The van der Waals surface area contributed by atoms with Crippen molar-refractivity contribution in [3.63, 3.8) is 0 Å². The highest BCUT2D eigenvalue weighted by molar-refractivity contribution is 5.90. The van der Waals surface area contributed by atoms with Crippen molar-refractivity contribution in [2.24, 2.45) is 11.7 Å². The van der Waals surface area contributed by atoms with Gasteiger partial charge in [0, 0.05) is 18.7 Å². The lowest BCUT2D eigenvalue weighted by atomic mass is 10.00. The Hall–Kier alpha value is -0.840. The highest BCUT2D eigenvalue weighted by atomic mass is 35.5. The maximum atomic E-state index is 11.8. The molecule has 0 spiro atoms. The lowest BCUT2D eigenvalue weighted by Crippen LogP contribution is -2.28. The van der Waals surface area contributed by atoms with E-state index in [0.717, 1.165) is 24.8 Å². The molecule has 1 fully saturated rings. The number of nitrogens with one attached hydrogen (secondary N) is 1. The van der Waals surface area contributed by atoms with Crippen LogP contribution in [-0.4, -0.2) is 16.9 Å². The average Bonchev–Trinajstić information content (AvgIpc) is 2.64. The van der Waals surface area contributed by atoms with Crippen LogP contribution in [0.1, 0.15) is 31.2 Å². The number of hydrogen-bond acceptors (Lipinski definition) is 3. The third-order valence-electron chi connectivity index (χ3n) is 3.35. The first-order valence-electron chi connectivity index (χ1n) is 6.13. The third-order valence-corrected chi connectivity index (χ3v) is 3.35. The Morgan fingerprint density at radius 2 is 2.21 bits per heavy atom. The maximum Gasteiger partial charge on any atom is 0.225 e. The molecule has 0 aliphatic heterocycles. The second kappa shape index (κ2) is 8.35. The molecule has 0 radical (unpaired) electrons. The molecule has 6 heteroatoms. The molecule has 1 amide bonds. The number of aryl methyl sites for hydroxylation is 1. The Balaban J connectivity index is 0.00000162. The first-order chi connectivity index (χ1) is 8.15. The maximum absolute atomic E-state index is 11.8. The molecule has 1 aliphatic rings. The van der Waals surface area contributed by atoms with Gasteiger partial charge in [0.25, 0.3) is 0 Å². The number of anilines is 1. The fraction of sp³-hybridized carbons (Fsp3) is 0.538. The minimum Gasteiger partial charge on any atom is -0.327 e. The van der Waals surface area contributed by atoms with Gasteiger partial charge >= 0.3 is 0 Å². The molecule has 1 heterocycles. The number of nitrogens with zero attached hydrogens (tertiary/aromatic N) is 1. The smallest absolute Gasteiger partial charge is 0.225 e. The number of pyridine rings is 1. The summed E-state index contributed by atoms with van der Waals surface area (Å²) in [5.74, 6) is 0.979. The monoisotopic (exact) mass is 305 g/mol. The Kier molecular flexibility index (Phi) is 7.99. The lowest BCUT2D eigenvalue weighted by molar-refractivity contribution is -0.117. The van der Waals surface area contributed by atoms with Crippen molar-refractivity contribution in [1.29, 1.82) is 0 Å². The predicted molar refractivity (Wildman–Crippen MR) is 82.0 cm³/mol. The standard InChI is InChI=1S/C13H19N3O.2ClH/c1-9-5-6-15-12(7-9)16-13(17)8-10-3-2-4-11(10)14;;/h5-7,10-11H,2-4,8,14H2,1H3,(H,15,16,17);2*1H/t10-,11+;;/m0../s1. The number of carbonyl (C=O) groups excluding carboxylic acids is 1. The Morgan fingerprint density at radius 3 is 2.79 bits per heavy atom. The molecular weight excluding hydrogens is 285 g/mol. The molecule has 4 nitrogen and oxygen atoms in total. The Morgan fingerprint density at radius 1 is 1.47 bits per heavy atom. The van der Waals surface area contributed by atoms with Crippen LogP contribution in [0.5, 0.6) is 0 Å². The largest absolute Gasteiger partial charge is 0.327 e. The molecule has 1 aliphatic carbocycles. The van der Waals surface area contributed by atoms with Gasteiger partial charge in [0.05, 0.1) is 0 Å². The molecule has 2 atom stereocenters. The van der Waals surface area contributed by atoms with E-state index in [1.807, 2.05) is 19.1 Å². The molecule has 2 rings (SSSR count). The molecule has 19 heavy (non-hydrogen) atoms. The lowest BCUT2D eigenvalue weighted by Gasteiger charge is -2.14. The van der Waals surface area contributed by atoms with Crippen LogP contribution in [0.2, 0.25) is 0 Å². The number of nitrogens with two attached hydrogens (primary N) is 1. The van der Waals surface area contributed by atoms with E-state index in [4.69, 9.17) is 5.73 Å². The first-order valence-corrected chi connectivity index (χ1v) is 6.13. The van der Waals surface area contributed by atoms with Crippen molar-refractivity contribution >= 4 is 36.5 Å². The number of amides is 1. The number of carbonyl (C=O) groups is 1. The average molecular weight is 306 g/mol. The van der Waals surface area contributed by atoms with Crippen molar-refractivity contribution in [3.05, 3.63) is 23.9 Å². The summed E-state index contributed by atoms with van der Waals surface area (Å²) in [5.41, 5.74) is 7.04. The molecule has 3 N–H and O–H groups in total. The Bertz CT molecular complexity index is 415. The summed E-state index contributed by atoms with van der Waals surface area (Å²) in [7, 11) is 0. The summed E-state index contributed by atoms with van der Waals surface area (Å²) in [6.45, 7) is 1.98. The number of halogens is 2. The topological polar surface area (TPSA) is 68.0 Å². The highest BCUT2D eigenvalue weighted by Crippen LogP contribution is 2.27. The molecule has 0 unspecified atom stereocenters. The highest BCUT2D eigenvalue weighted by Gasteiger charge is 2.26. The van der Waals surface area contributed by atoms with Gasteiger partial charge in [0.2, 0.25) is 5.91 Å². The van der Waals surface area contributed by atoms with Gasteiger partial charge in [-0.2, -0.15) is 0 Å². The normalized spacial score (nSPS) is 21.2. The zero-order chi connectivity index (χ0) is 12.3. The zero-order valence-electron chi connectivity index (χ0n) is 11.0. The molecule has 1 saturated carbocycles. The molecule has 1 aromatic rings. The third kappa shape index (κ3) is 5.35. The van der Waals surface area contributed by atoms with Crippen molar-refractivity contribution < 1.29 is 4.79 Å². The van der Waals surface area contributed by atoms with E-state index >= 15 is 0 Å². The number of hydrogen-bond donors (Lipinski definition) is 2. The Labute approximate surface area is 126 Å². The van der Waals surface area contributed by atoms with Crippen molar-refractivity contribution in [2.75, 3.05) is 5.32 Å². The minimum absolute atomic E-state index is 0. The van der Waals surface area contributed by atoms with Crippen LogP contribution >= 0.6 is 24.8 Å². The van der Waals surface area contributed by atoms with Crippen molar-refractivity contribution in [3.8, 4) is 0 Å². The van der Waals surface area contributed by atoms with Gasteiger partial charge < -0.3 is 11.1 Å². The molecule has 0 aromatic carbocycles. The van der Waals surface area contributed by atoms with Crippen LogP contribution in [-0.2, 0) is 4.79 Å². The fourth-order valence-corrected chi connectivity index (χ4v) is 2.36. The van der Waals surface area contributed by atoms with Crippen LogP contribution in [0.15, 0.2) is 18.3 Å². The van der Waals surface area contributed by atoms with E-state index in [9.17, 15) is 4.79 Å². The first kappa shape index (κ1) is 18.2. The van der Waals surface area contributed by atoms with Gasteiger partial charge in [-0.1, -0.05) is 6.42 Å². The SMILES string of the molecule is Cc1ccnc(NC(=O)C[C@@H]2CCC[C@H]2N)c1.Cl.Cl. The van der Waals surface area contributed by atoms with Gasteiger partial charge in [0.15, 0.2) is 0 Å². The van der Waals surface area contributed by atoms with E-state index < -0.39 is 0 Å². The molecule has 108 valence electrons. The van der Waals surface area contributed by atoms with Gasteiger partial charge in [0.1, 0.15) is 5.82 Å². The van der Waals surface area contributed by atoms with E-state index in [1.165, 1.54) is 0 Å². The van der Waals surface area contributed by atoms with Crippen molar-refractivity contribution in [2.45, 2.75) is 38.6 Å². The zero-order valence-corrected chi connectivity index (χ0v) is 12.6. The summed E-state index contributed by atoms with van der Waals surface area (Å²) in [6, 6.07) is 3.96. The summed E-state index contributed by atoms with van der Waals surface area (Å²) in [4.78, 5) is 15.9. The number of aromatic nitrogens is 1. The molecule has 0 bridgehead atoms. The fourth-order valence-electron chi connectivity index (χ4n) is 2.36. The summed E-state index contributed by atoms with van der Waals surface area (Å²) < 4.78 is 0. The molecule has 0 saturated heterocycles. The van der Waals surface area contributed by atoms with Gasteiger partial charge in [-0.25, -0.2) is 4.98 Å². The van der Waals surface area contributed by atoms with E-state index in [1.54, 1.807) is 6.20 Å². The summed E-state index contributed by atoms with van der Waals surface area (Å²) in [5, 5.41) is 2.82. The second-order valence-corrected chi connectivity index (χ2v) is 4.83. The number of rotatable bonds is 3. The van der Waals surface area contributed by atoms with Crippen molar-refractivity contribution in [1.82, 2.24) is 4.98 Å². The van der Waals surface area contributed by atoms with Crippen LogP contribution in [0.4, 0.5) is 5.82 Å². The summed E-state index contributed by atoms with van der Waals surface area (Å²) in [6.07, 6.45) is 5.46.